The van der Waals surface area contributed by atoms with Gasteiger partial charge in [-0.2, -0.15) is 0 Å². The van der Waals surface area contributed by atoms with E-state index in [-0.39, 0.29) is 28.4 Å². The van der Waals surface area contributed by atoms with Crippen molar-refractivity contribution >= 4 is 27.2 Å². The zero-order valence-corrected chi connectivity index (χ0v) is 12.0. The van der Waals surface area contributed by atoms with Gasteiger partial charge in [-0.25, -0.2) is 13.2 Å². The largest absolute Gasteiger partial charge is 0.478 e. The molecule has 1 aromatic carbocycles. The van der Waals surface area contributed by atoms with Gasteiger partial charge in [-0.1, -0.05) is 0 Å². The maximum absolute atomic E-state index is 11.6. The van der Waals surface area contributed by atoms with Gasteiger partial charge in [0.25, 0.3) is 5.69 Å². The molecule has 1 unspecified atom stereocenters. The number of anilines is 1. The molecule has 1 fully saturated rings. The van der Waals surface area contributed by atoms with Gasteiger partial charge in [-0.3, -0.25) is 10.1 Å². The molecule has 2 N–H and O–H groups in total. The average Bonchev–Trinajstić information content (AvgIpc) is 2.63. The van der Waals surface area contributed by atoms with Crippen LogP contribution in [-0.4, -0.2) is 41.5 Å². The Morgan fingerprint density at radius 1 is 1.48 bits per heavy atom. The number of hydrogen-bond donors (Lipinski definition) is 2. The predicted octanol–water partition coefficient (Wildman–Crippen LogP) is 1.28. The lowest BCUT2D eigenvalue weighted by molar-refractivity contribution is -0.384. The molecule has 1 heterocycles. The standard InChI is InChI=1S/C12H14N2O6S/c1-12(4-5-21(19,20)7-12)13-10-3-2-8(14(17)18)6-9(10)11(15)16/h2-3,6,13H,4-5,7H2,1H3,(H,15,16). The van der Waals surface area contributed by atoms with Gasteiger partial charge in [0.05, 0.1) is 22.0 Å². The quantitative estimate of drug-likeness (QED) is 0.633. The van der Waals surface area contributed by atoms with Crippen LogP contribution in [0.4, 0.5) is 11.4 Å². The van der Waals surface area contributed by atoms with Crippen molar-refractivity contribution in [3.8, 4) is 0 Å². The minimum Gasteiger partial charge on any atom is -0.478 e. The highest BCUT2D eigenvalue weighted by Crippen LogP contribution is 2.30. The van der Waals surface area contributed by atoms with Crippen LogP contribution >= 0.6 is 0 Å². The van der Waals surface area contributed by atoms with E-state index < -0.39 is 26.3 Å². The van der Waals surface area contributed by atoms with Crippen LogP contribution in [0.15, 0.2) is 18.2 Å². The molecule has 114 valence electrons. The number of sulfone groups is 1. The van der Waals surface area contributed by atoms with E-state index in [4.69, 9.17) is 5.11 Å². The first-order valence-corrected chi connectivity index (χ1v) is 7.94. The van der Waals surface area contributed by atoms with Crippen molar-refractivity contribution in [2.24, 2.45) is 0 Å². The smallest absolute Gasteiger partial charge is 0.338 e. The summed E-state index contributed by atoms with van der Waals surface area (Å²) < 4.78 is 23.1. The van der Waals surface area contributed by atoms with Crippen molar-refractivity contribution in [2.75, 3.05) is 16.8 Å². The Morgan fingerprint density at radius 2 is 2.14 bits per heavy atom. The zero-order chi connectivity index (χ0) is 15.8. The normalized spacial score (nSPS) is 23.7. The number of carbonyl (C=O) groups is 1. The van der Waals surface area contributed by atoms with Gasteiger partial charge < -0.3 is 10.4 Å². The number of nitro benzene ring substituents is 1. The molecular weight excluding hydrogens is 300 g/mol. The van der Waals surface area contributed by atoms with Crippen molar-refractivity contribution in [3.63, 3.8) is 0 Å². The van der Waals surface area contributed by atoms with Crippen molar-refractivity contribution in [1.29, 1.82) is 0 Å². The molecular formula is C12H14N2O6S. The monoisotopic (exact) mass is 314 g/mol. The van der Waals surface area contributed by atoms with Crippen molar-refractivity contribution < 1.29 is 23.2 Å². The van der Waals surface area contributed by atoms with Gasteiger partial charge in [-0.05, 0) is 19.4 Å². The fraction of sp³-hybridized carbons (Fsp3) is 0.417. The number of carboxylic acid groups (broad SMARTS) is 1. The lowest BCUT2D eigenvalue weighted by Gasteiger charge is -2.26. The van der Waals surface area contributed by atoms with E-state index in [0.29, 0.717) is 6.42 Å². The number of nitrogens with one attached hydrogen (secondary N) is 1. The van der Waals surface area contributed by atoms with Crippen molar-refractivity contribution in [1.82, 2.24) is 0 Å². The van der Waals surface area contributed by atoms with Crippen LogP contribution in [0.3, 0.4) is 0 Å². The second kappa shape index (κ2) is 4.99. The first-order chi connectivity index (χ1) is 9.62. The molecule has 1 aliphatic heterocycles. The van der Waals surface area contributed by atoms with E-state index in [2.05, 4.69) is 5.32 Å². The number of non-ortho nitro benzene ring substituents is 1. The molecule has 21 heavy (non-hydrogen) atoms. The zero-order valence-electron chi connectivity index (χ0n) is 11.2. The van der Waals surface area contributed by atoms with E-state index >= 15 is 0 Å². The predicted molar refractivity (Wildman–Crippen MR) is 75.4 cm³/mol. The molecule has 2 rings (SSSR count). The lowest BCUT2D eigenvalue weighted by atomic mass is 10.0. The first-order valence-electron chi connectivity index (χ1n) is 6.12. The lowest BCUT2D eigenvalue weighted by Crippen LogP contribution is -2.36. The van der Waals surface area contributed by atoms with Gasteiger partial charge >= 0.3 is 5.97 Å². The number of carboxylic acids is 1. The fourth-order valence-corrected chi connectivity index (χ4v) is 4.46. The minimum atomic E-state index is -3.15. The first kappa shape index (κ1) is 15.2. The molecule has 8 nitrogen and oxygen atoms in total. The van der Waals surface area contributed by atoms with Crippen LogP contribution in [0.1, 0.15) is 23.7 Å². The minimum absolute atomic E-state index is 0.0336. The van der Waals surface area contributed by atoms with Crippen molar-refractivity contribution in [2.45, 2.75) is 18.9 Å². The molecule has 0 aliphatic carbocycles. The molecule has 0 radical (unpaired) electrons. The number of nitrogens with zero attached hydrogens (tertiary/aromatic N) is 1. The van der Waals surface area contributed by atoms with Crippen LogP contribution < -0.4 is 5.32 Å². The summed E-state index contributed by atoms with van der Waals surface area (Å²) in [6.07, 6.45) is 0.353. The Balaban J connectivity index is 2.36. The Bertz CT molecular complexity index is 714. The van der Waals surface area contributed by atoms with E-state index in [9.17, 15) is 23.3 Å². The summed E-state index contributed by atoms with van der Waals surface area (Å²) in [6.45, 7) is 1.69. The number of nitro groups is 1. The third kappa shape index (κ3) is 3.30. The topological polar surface area (TPSA) is 127 Å². The number of rotatable bonds is 4. The second-order valence-corrected chi connectivity index (χ2v) is 7.50. The maximum Gasteiger partial charge on any atom is 0.338 e. The molecule has 0 spiro atoms. The summed E-state index contributed by atoms with van der Waals surface area (Å²) in [6, 6.07) is 3.43. The van der Waals surface area contributed by atoms with Crippen molar-refractivity contribution in [3.05, 3.63) is 33.9 Å². The van der Waals surface area contributed by atoms with E-state index in [1.165, 1.54) is 12.1 Å². The van der Waals surface area contributed by atoms with Gasteiger partial charge in [0.1, 0.15) is 0 Å². The van der Waals surface area contributed by atoms with Gasteiger partial charge in [0.15, 0.2) is 9.84 Å². The Morgan fingerprint density at radius 3 is 2.62 bits per heavy atom. The number of aromatic carboxylic acids is 1. The molecule has 9 heteroatoms. The Labute approximate surface area is 120 Å². The molecule has 1 atom stereocenters. The summed E-state index contributed by atoms with van der Waals surface area (Å²) in [5.41, 5.74) is -1.19. The average molecular weight is 314 g/mol. The number of hydrogen-bond acceptors (Lipinski definition) is 6. The molecule has 0 saturated carbocycles. The second-order valence-electron chi connectivity index (χ2n) is 5.32. The van der Waals surface area contributed by atoms with Gasteiger partial charge in [0.2, 0.25) is 0 Å². The van der Waals surface area contributed by atoms with E-state index in [0.717, 1.165) is 6.07 Å². The summed E-state index contributed by atoms with van der Waals surface area (Å²) in [5, 5.41) is 22.8. The molecule has 0 aromatic heterocycles. The molecule has 1 aromatic rings. The maximum atomic E-state index is 11.6. The third-order valence-corrected chi connectivity index (χ3v) is 5.29. The molecule has 1 saturated heterocycles. The fourth-order valence-electron chi connectivity index (χ4n) is 2.37. The third-order valence-electron chi connectivity index (χ3n) is 3.38. The van der Waals surface area contributed by atoms with Crippen LogP contribution in [-0.2, 0) is 9.84 Å². The summed E-state index contributed by atoms with van der Waals surface area (Å²) in [4.78, 5) is 21.2. The van der Waals surface area contributed by atoms with E-state index in [1.807, 2.05) is 0 Å². The highest BCUT2D eigenvalue weighted by Gasteiger charge is 2.39. The van der Waals surface area contributed by atoms with Crippen LogP contribution in [0, 0.1) is 10.1 Å². The van der Waals surface area contributed by atoms with E-state index in [1.54, 1.807) is 6.92 Å². The number of benzene rings is 1. The molecule has 0 amide bonds. The van der Waals surface area contributed by atoms with Crippen LogP contribution in [0.25, 0.3) is 0 Å². The molecule has 0 bridgehead atoms. The van der Waals surface area contributed by atoms with Gasteiger partial charge in [0, 0.05) is 23.4 Å². The Kier molecular flexibility index (Phi) is 3.62. The summed E-state index contributed by atoms with van der Waals surface area (Å²) in [7, 11) is -3.15. The Hall–Kier alpha value is -2.16. The highest BCUT2D eigenvalue weighted by atomic mass is 32.2. The SMILES string of the molecule is CC1(Nc2ccc([N+](=O)[O-])cc2C(=O)O)CCS(=O)(=O)C1. The summed E-state index contributed by atoms with van der Waals surface area (Å²) in [5.74, 6) is -1.38. The molecule has 1 aliphatic rings. The van der Waals surface area contributed by atoms with Crippen LogP contribution in [0.2, 0.25) is 0 Å². The van der Waals surface area contributed by atoms with Gasteiger partial charge in [-0.15, -0.1) is 0 Å². The highest BCUT2D eigenvalue weighted by molar-refractivity contribution is 7.91. The van der Waals surface area contributed by atoms with Crippen LogP contribution in [0.5, 0.6) is 0 Å². The summed E-state index contributed by atoms with van der Waals surface area (Å²) >= 11 is 0.